The zero-order chi connectivity index (χ0) is 14.8. The first-order chi connectivity index (χ1) is 10.1. The number of rotatable bonds is 2. The maximum absolute atomic E-state index is 12.1. The van der Waals surface area contributed by atoms with Crippen molar-refractivity contribution in [1.29, 1.82) is 0 Å². The number of nitrogens with zero attached hydrogens (tertiary/aromatic N) is 1. The fourth-order valence-corrected chi connectivity index (χ4v) is 2.31. The van der Waals surface area contributed by atoms with E-state index in [4.69, 9.17) is 9.47 Å². The van der Waals surface area contributed by atoms with Gasteiger partial charge in [-0.25, -0.2) is 0 Å². The number of morpholine rings is 1. The second-order valence-electron chi connectivity index (χ2n) is 4.99. The molecule has 1 unspecified atom stereocenters. The molecule has 0 aliphatic carbocycles. The number of ether oxygens (including phenoxy) is 2. The van der Waals surface area contributed by atoms with Crippen molar-refractivity contribution in [3.05, 3.63) is 18.2 Å². The van der Waals surface area contributed by atoms with Gasteiger partial charge in [0.2, 0.25) is 5.91 Å². The van der Waals surface area contributed by atoms with E-state index in [-0.39, 0.29) is 36.9 Å². The molecule has 2 N–H and O–H groups in total. The molecule has 3 rings (SSSR count). The molecule has 1 aromatic carbocycles. The highest BCUT2D eigenvalue weighted by Gasteiger charge is 2.24. The number of likely N-dealkylation sites (N-methyl/N-ethyl adjacent to an activating group) is 1. The van der Waals surface area contributed by atoms with E-state index in [9.17, 15) is 9.59 Å². The highest BCUT2D eigenvalue weighted by Crippen LogP contribution is 2.33. The van der Waals surface area contributed by atoms with Crippen LogP contribution in [0.25, 0.3) is 0 Å². The summed E-state index contributed by atoms with van der Waals surface area (Å²) in [5.74, 6) is 0.364. The van der Waals surface area contributed by atoms with Gasteiger partial charge in [-0.1, -0.05) is 0 Å². The predicted octanol–water partition coefficient (Wildman–Crippen LogP) is 0.390. The summed E-state index contributed by atoms with van der Waals surface area (Å²) < 4.78 is 10.6. The average Bonchev–Trinajstić information content (AvgIpc) is 2.52. The van der Waals surface area contributed by atoms with Crippen molar-refractivity contribution in [1.82, 2.24) is 5.32 Å². The quantitative estimate of drug-likeness (QED) is 0.821. The number of fused-ring (bicyclic) bond motifs is 1. The molecule has 7 nitrogen and oxygen atoms in total. The Morgan fingerprint density at radius 1 is 1.45 bits per heavy atom. The normalized spacial score (nSPS) is 20.5. The summed E-state index contributed by atoms with van der Waals surface area (Å²) in [6, 6.07) is 4.88. The van der Waals surface area contributed by atoms with Gasteiger partial charge in [-0.15, -0.1) is 12.4 Å². The van der Waals surface area contributed by atoms with Crippen LogP contribution in [0.2, 0.25) is 0 Å². The lowest BCUT2D eigenvalue weighted by Gasteiger charge is -2.27. The van der Waals surface area contributed by atoms with Gasteiger partial charge in [0.05, 0.1) is 18.9 Å². The van der Waals surface area contributed by atoms with E-state index < -0.39 is 0 Å². The number of amides is 2. The van der Waals surface area contributed by atoms with Gasteiger partial charge >= 0.3 is 0 Å². The minimum absolute atomic E-state index is 0. The molecule has 22 heavy (non-hydrogen) atoms. The highest BCUT2D eigenvalue weighted by molar-refractivity contribution is 6.00. The number of hydrogen-bond donors (Lipinski definition) is 2. The van der Waals surface area contributed by atoms with Gasteiger partial charge in [0.1, 0.15) is 11.8 Å². The highest BCUT2D eigenvalue weighted by atomic mass is 35.5. The molecular formula is C14H18ClN3O4. The first kappa shape index (κ1) is 16.5. The first-order valence-electron chi connectivity index (χ1n) is 6.80. The molecule has 2 amide bonds. The molecule has 0 radical (unpaired) electrons. The lowest BCUT2D eigenvalue weighted by molar-refractivity contribution is -0.121. The van der Waals surface area contributed by atoms with Crippen LogP contribution in [-0.4, -0.2) is 51.3 Å². The summed E-state index contributed by atoms with van der Waals surface area (Å²) in [7, 11) is 1.69. The molecule has 2 aliphatic heterocycles. The summed E-state index contributed by atoms with van der Waals surface area (Å²) in [5, 5.41) is 5.91. The molecule has 0 saturated carbocycles. The van der Waals surface area contributed by atoms with Crippen molar-refractivity contribution in [3.63, 3.8) is 0 Å². The van der Waals surface area contributed by atoms with Crippen molar-refractivity contribution in [2.24, 2.45) is 0 Å². The van der Waals surface area contributed by atoms with Crippen LogP contribution in [0.5, 0.6) is 5.75 Å². The molecule has 120 valence electrons. The van der Waals surface area contributed by atoms with Crippen LogP contribution in [0, 0.1) is 0 Å². The lowest BCUT2D eigenvalue weighted by Crippen LogP contribution is -2.48. The monoisotopic (exact) mass is 327 g/mol. The smallest absolute Gasteiger partial charge is 0.264 e. The van der Waals surface area contributed by atoms with Crippen LogP contribution in [0.4, 0.5) is 11.4 Å². The summed E-state index contributed by atoms with van der Waals surface area (Å²) in [6.45, 7) is 1.68. The molecule has 1 saturated heterocycles. The number of nitrogens with one attached hydrogen (secondary N) is 2. The van der Waals surface area contributed by atoms with E-state index >= 15 is 0 Å². The van der Waals surface area contributed by atoms with Crippen LogP contribution in [0.3, 0.4) is 0 Å². The Morgan fingerprint density at radius 3 is 3.00 bits per heavy atom. The van der Waals surface area contributed by atoms with Crippen LogP contribution in [0.15, 0.2) is 18.2 Å². The Hall–Kier alpha value is -1.83. The zero-order valence-electron chi connectivity index (χ0n) is 12.1. The van der Waals surface area contributed by atoms with Crippen LogP contribution >= 0.6 is 12.4 Å². The van der Waals surface area contributed by atoms with Gasteiger partial charge in [0.15, 0.2) is 6.61 Å². The second-order valence-corrected chi connectivity index (χ2v) is 4.99. The molecule has 1 atom stereocenters. The Labute approximate surface area is 134 Å². The number of carbonyl (C=O) groups is 2. The Balaban J connectivity index is 0.00000176. The number of halogens is 1. The van der Waals surface area contributed by atoms with E-state index in [1.54, 1.807) is 25.2 Å². The van der Waals surface area contributed by atoms with Gasteiger partial charge < -0.3 is 25.0 Å². The molecule has 0 bridgehead atoms. The van der Waals surface area contributed by atoms with E-state index in [1.165, 1.54) is 4.90 Å². The van der Waals surface area contributed by atoms with Gasteiger partial charge in [-0.05, 0) is 18.2 Å². The Morgan fingerprint density at radius 2 is 2.27 bits per heavy atom. The predicted molar refractivity (Wildman–Crippen MR) is 83.8 cm³/mol. The Bertz CT molecular complexity index is 575. The van der Waals surface area contributed by atoms with Crippen molar-refractivity contribution in [2.75, 3.05) is 43.6 Å². The van der Waals surface area contributed by atoms with Gasteiger partial charge in [0, 0.05) is 19.3 Å². The zero-order valence-corrected chi connectivity index (χ0v) is 12.9. The topological polar surface area (TPSA) is 79.9 Å². The summed E-state index contributed by atoms with van der Waals surface area (Å²) >= 11 is 0. The molecule has 1 fully saturated rings. The van der Waals surface area contributed by atoms with E-state index in [1.807, 2.05) is 0 Å². The third-order valence-electron chi connectivity index (χ3n) is 3.55. The summed E-state index contributed by atoms with van der Waals surface area (Å²) in [5.41, 5.74) is 1.27. The largest absolute Gasteiger partial charge is 0.482 e. The molecule has 0 spiro atoms. The average molecular weight is 328 g/mol. The molecule has 0 aromatic heterocycles. The third kappa shape index (κ3) is 3.32. The number of carbonyl (C=O) groups excluding carboxylic acids is 2. The fourth-order valence-electron chi connectivity index (χ4n) is 2.31. The fraction of sp³-hybridized carbons (Fsp3) is 0.429. The minimum Gasteiger partial charge on any atom is -0.482 e. The maximum Gasteiger partial charge on any atom is 0.264 e. The van der Waals surface area contributed by atoms with Gasteiger partial charge in [-0.3, -0.25) is 9.59 Å². The summed E-state index contributed by atoms with van der Waals surface area (Å²) in [4.78, 5) is 25.3. The summed E-state index contributed by atoms with van der Waals surface area (Å²) in [6.07, 6.45) is 0. The van der Waals surface area contributed by atoms with Gasteiger partial charge in [-0.2, -0.15) is 0 Å². The van der Waals surface area contributed by atoms with Crippen LogP contribution in [-0.2, 0) is 14.3 Å². The SMILES string of the molecule is CN1C(=O)COc2ccc(NC(=O)C3COCCN3)cc21.Cl. The minimum atomic E-state index is -0.356. The van der Waals surface area contributed by atoms with Crippen molar-refractivity contribution >= 4 is 35.6 Å². The van der Waals surface area contributed by atoms with Gasteiger partial charge in [0.25, 0.3) is 5.91 Å². The Kier molecular flexibility index (Phi) is 5.23. The molecule has 2 aliphatic rings. The van der Waals surface area contributed by atoms with E-state index in [2.05, 4.69) is 10.6 Å². The van der Waals surface area contributed by atoms with E-state index in [0.29, 0.717) is 36.9 Å². The van der Waals surface area contributed by atoms with Crippen LogP contribution in [0.1, 0.15) is 0 Å². The standard InChI is InChI=1S/C14H17N3O4.ClH/c1-17-11-6-9(2-3-12(11)21-8-13(17)18)16-14(19)10-7-20-5-4-15-10;/h2-3,6,10,15H,4-5,7-8H2,1H3,(H,16,19);1H. The molecule has 8 heteroatoms. The molecular weight excluding hydrogens is 310 g/mol. The van der Waals surface area contributed by atoms with E-state index in [0.717, 1.165) is 0 Å². The number of hydrogen-bond acceptors (Lipinski definition) is 5. The maximum atomic E-state index is 12.1. The van der Waals surface area contributed by atoms with Crippen molar-refractivity contribution in [3.8, 4) is 5.75 Å². The molecule has 2 heterocycles. The van der Waals surface area contributed by atoms with Crippen LogP contribution < -0.4 is 20.3 Å². The number of anilines is 2. The third-order valence-corrected chi connectivity index (χ3v) is 3.55. The molecule has 1 aromatic rings. The first-order valence-corrected chi connectivity index (χ1v) is 6.80. The van der Waals surface area contributed by atoms with Crippen molar-refractivity contribution in [2.45, 2.75) is 6.04 Å². The number of benzene rings is 1. The van der Waals surface area contributed by atoms with Crippen molar-refractivity contribution < 1.29 is 19.1 Å². The lowest BCUT2D eigenvalue weighted by atomic mass is 10.2. The second kappa shape index (κ2) is 6.95.